The number of nitrogens with one attached hydrogen (secondary N) is 1. The van der Waals surface area contributed by atoms with E-state index in [1.807, 2.05) is 24.3 Å². The van der Waals surface area contributed by atoms with Gasteiger partial charge in [0, 0.05) is 22.0 Å². The molecule has 6 nitrogen and oxygen atoms in total. The second-order valence-electron chi connectivity index (χ2n) is 5.88. The largest absolute Gasteiger partial charge is 0.493 e. The van der Waals surface area contributed by atoms with Gasteiger partial charge in [-0.05, 0) is 29.3 Å². The first-order chi connectivity index (χ1) is 13.0. The molecule has 0 aliphatic carbocycles. The van der Waals surface area contributed by atoms with Crippen LogP contribution in [0.15, 0.2) is 42.6 Å². The molecule has 1 N–H and O–H groups in total. The molecule has 0 saturated carbocycles. The third-order valence-electron chi connectivity index (χ3n) is 4.28. The topological polar surface area (TPSA) is 77.4 Å². The van der Waals surface area contributed by atoms with Gasteiger partial charge in [-0.3, -0.25) is 10.1 Å². The minimum absolute atomic E-state index is 0.0379. The molecule has 0 fully saturated rings. The van der Waals surface area contributed by atoms with Gasteiger partial charge in [0.15, 0.2) is 11.5 Å². The summed E-state index contributed by atoms with van der Waals surface area (Å²) in [6.45, 7) is -0.248. The summed E-state index contributed by atoms with van der Waals surface area (Å²) in [5.74, 6) is 2.56. The molecule has 138 valence electrons. The molecule has 0 aliphatic rings. The third kappa shape index (κ3) is 3.83. The van der Waals surface area contributed by atoms with E-state index in [0.717, 1.165) is 16.5 Å². The SMILES string of the molecule is C#CCOc1c(Cl)cc([C@H](C[N+](=O)[O-])c2c[nH]c3ccccc23)cc1OC. The van der Waals surface area contributed by atoms with Crippen LogP contribution in [-0.4, -0.2) is 30.2 Å². The molecule has 2 aromatic carbocycles. The van der Waals surface area contributed by atoms with Gasteiger partial charge in [-0.15, -0.1) is 6.42 Å². The fourth-order valence-electron chi connectivity index (χ4n) is 3.11. The summed E-state index contributed by atoms with van der Waals surface area (Å²) in [6.07, 6.45) is 7.02. The summed E-state index contributed by atoms with van der Waals surface area (Å²) in [5.41, 5.74) is 2.39. The zero-order valence-electron chi connectivity index (χ0n) is 14.6. The number of H-pyrrole nitrogens is 1. The standard InChI is InChI=1S/C20H17ClN2O4/c1-3-8-27-20-17(21)9-13(10-19(20)26-2)16(12-23(24)25)15-11-22-18-7-5-4-6-14(15)18/h1,4-7,9-11,16,22H,8,12H2,2H3/t16-/m0/s1. The Kier molecular flexibility index (Phi) is 5.53. The van der Waals surface area contributed by atoms with Gasteiger partial charge in [0.2, 0.25) is 6.54 Å². The van der Waals surface area contributed by atoms with E-state index < -0.39 is 5.92 Å². The Hall–Kier alpha value is -3.17. The molecule has 7 heteroatoms. The summed E-state index contributed by atoms with van der Waals surface area (Å²) in [5, 5.41) is 12.6. The first-order valence-electron chi connectivity index (χ1n) is 8.16. The van der Waals surface area contributed by atoms with Gasteiger partial charge in [-0.2, -0.15) is 0 Å². The Morgan fingerprint density at radius 1 is 1.37 bits per heavy atom. The quantitative estimate of drug-likeness (QED) is 0.375. The smallest absolute Gasteiger partial charge is 0.214 e. The van der Waals surface area contributed by atoms with Crippen LogP contribution in [0.5, 0.6) is 11.5 Å². The van der Waals surface area contributed by atoms with Gasteiger partial charge in [-0.25, -0.2) is 0 Å². The molecular formula is C20H17ClN2O4. The number of terminal acetylenes is 1. The molecule has 1 heterocycles. The van der Waals surface area contributed by atoms with E-state index in [-0.39, 0.29) is 23.1 Å². The average molecular weight is 385 g/mol. The molecule has 3 rings (SSSR count). The second-order valence-corrected chi connectivity index (χ2v) is 6.29. The summed E-state index contributed by atoms with van der Waals surface area (Å²) in [4.78, 5) is 14.2. The summed E-state index contributed by atoms with van der Waals surface area (Å²) in [6, 6.07) is 11.0. The number of hydrogen-bond donors (Lipinski definition) is 1. The van der Waals surface area contributed by atoms with E-state index in [1.54, 1.807) is 18.3 Å². The number of nitrogens with zero attached hydrogens (tertiary/aromatic N) is 1. The van der Waals surface area contributed by atoms with Crippen LogP contribution in [0, 0.1) is 22.5 Å². The number of benzene rings is 2. The first kappa shape index (κ1) is 18.6. The average Bonchev–Trinajstić information content (AvgIpc) is 3.08. The molecule has 1 aromatic heterocycles. The highest BCUT2D eigenvalue weighted by Gasteiger charge is 2.26. The summed E-state index contributed by atoms with van der Waals surface area (Å²) >= 11 is 6.36. The number of halogens is 1. The van der Waals surface area contributed by atoms with Crippen LogP contribution < -0.4 is 9.47 Å². The number of fused-ring (bicyclic) bond motifs is 1. The van der Waals surface area contributed by atoms with Gasteiger partial charge in [0.05, 0.1) is 18.1 Å². The number of nitro groups is 1. The second kappa shape index (κ2) is 8.02. The van der Waals surface area contributed by atoms with Crippen molar-refractivity contribution >= 4 is 22.5 Å². The lowest BCUT2D eigenvalue weighted by atomic mass is 9.90. The number of ether oxygens (including phenoxy) is 2. The van der Waals surface area contributed by atoms with E-state index in [1.165, 1.54) is 7.11 Å². The Balaban J connectivity index is 2.12. The predicted molar refractivity (Wildman–Crippen MR) is 104 cm³/mol. The minimum atomic E-state index is -0.510. The van der Waals surface area contributed by atoms with Crippen molar-refractivity contribution in [1.29, 1.82) is 0 Å². The Bertz CT molecular complexity index is 1020. The molecule has 0 spiro atoms. The molecule has 0 amide bonds. The maximum absolute atomic E-state index is 11.3. The van der Waals surface area contributed by atoms with Crippen LogP contribution in [0.2, 0.25) is 5.02 Å². The zero-order valence-corrected chi connectivity index (χ0v) is 15.3. The van der Waals surface area contributed by atoms with Gasteiger partial charge in [0.25, 0.3) is 0 Å². The van der Waals surface area contributed by atoms with Crippen molar-refractivity contribution in [3.63, 3.8) is 0 Å². The minimum Gasteiger partial charge on any atom is -0.493 e. The molecule has 27 heavy (non-hydrogen) atoms. The molecule has 0 unspecified atom stereocenters. The van der Waals surface area contributed by atoms with Crippen LogP contribution in [0.3, 0.4) is 0 Å². The predicted octanol–water partition coefficient (Wildman–Crippen LogP) is 4.25. The molecule has 0 aliphatic heterocycles. The highest BCUT2D eigenvalue weighted by Crippen LogP contribution is 2.41. The molecule has 0 saturated heterocycles. The van der Waals surface area contributed by atoms with Gasteiger partial charge >= 0.3 is 0 Å². The first-order valence-corrected chi connectivity index (χ1v) is 8.54. The maximum Gasteiger partial charge on any atom is 0.214 e. The van der Waals surface area contributed by atoms with E-state index in [2.05, 4.69) is 10.9 Å². The third-order valence-corrected chi connectivity index (χ3v) is 4.56. The van der Waals surface area contributed by atoms with Crippen LogP contribution in [-0.2, 0) is 0 Å². The number of aromatic amines is 1. The number of para-hydroxylation sites is 1. The molecule has 3 aromatic rings. The fourth-order valence-corrected chi connectivity index (χ4v) is 3.38. The van der Waals surface area contributed by atoms with E-state index >= 15 is 0 Å². The lowest BCUT2D eigenvalue weighted by Gasteiger charge is -2.17. The van der Waals surface area contributed by atoms with Crippen molar-refractivity contribution < 1.29 is 14.4 Å². The Morgan fingerprint density at radius 2 is 2.15 bits per heavy atom. The van der Waals surface area contributed by atoms with Crippen molar-refractivity contribution in [1.82, 2.24) is 4.98 Å². The molecule has 1 atom stereocenters. The van der Waals surface area contributed by atoms with Crippen molar-refractivity contribution in [2.75, 3.05) is 20.3 Å². The highest BCUT2D eigenvalue weighted by molar-refractivity contribution is 6.32. The summed E-state index contributed by atoms with van der Waals surface area (Å²) in [7, 11) is 1.48. The van der Waals surface area contributed by atoms with Crippen LogP contribution >= 0.6 is 11.6 Å². The number of rotatable bonds is 7. The van der Waals surface area contributed by atoms with Crippen molar-refractivity contribution in [2.24, 2.45) is 0 Å². The van der Waals surface area contributed by atoms with Crippen molar-refractivity contribution in [2.45, 2.75) is 5.92 Å². The van der Waals surface area contributed by atoms with Crippen molar-refractivity contribution in [3.8, 4) is 23.8 Å². The lowest BCUT2D eigenvalue weighted by molar-refractivity contribution is -0.481. The number of hydrogen-bond acceptors (Lipinski definition) is 4. The van der Waals surface area contributed by atoms with Gasteiger partial charge in [0.1, 0.15) is 6.61 Å². The normalized spacial score (nSPS) is 11.7. The molecule has 0 radical (unpaired) electrons. The lowest BCUT2D eigenvalue weighted by Crippen LogP contribution is -2.14. The van der Waals surface area contributed by atoms with Crippen LogP contribution in [0.4, 0.5) is 0 Å². The van der Waals surface area contributed by atoms with E-state index in [9.17, 15) is 10.1 Å². The van der Waals surface area contributed by atoms with Gasteiger partial charge in [-0.1, -0.05) is 35.7 Å². The van der Waals surface area contributed by atoms with Crippen LogP contribution in [0.25, 0.3) is 10.9 Å². The van der Waals surface area contributed by atoms with E-state index in [0.29, 0.717) is 17.1 Å². The van der Waals surface area contributed by atoms with E-state index in [4.69, 9.17) is 27.5 Å². The van der Waals surface area contributed by atoms with Crippen LogP contribution in [0.1, 0.15) is 17.0 Å². The van der Waals surface area contributed by atoms with Crippen molar-refractivity contribution in [3.05, 3.63) is 68.9 Å². The molecular weight excluding hydrogens is 368 g/mol. The maximum atomic E-state index is 11.3. The number of methoxy groups -OCH3 is 1. The monoisotopic (exact) mass is 384 g/mol. The van der Waals surface area contributed by atoms with Gasteiger partial charge < -0.3 is 14.5 Å². The summed E-state index contributed by atoms with van der Waals surface area (Å²) < 4.78 is 10.8. The molecule has 0 bridgehead atoms. The number of aromatic nitrogens is 1. The zero-order chi connectivity index (χ0) is 19.4. The Morgan fingerprint density at radius 3 is 2.85 bits per heavy atom. The highest BCUT2D eigenvalue weighted by atomic mass is 35.5. The fraction of sp³-hybridized carbons (Fsp3) is 0.200. The Labute approximate surface area is 161 Å².